The van der Waals surface area contributed by atoms with E-state index in [1.165, 1.54) is 36.0 Å². The fraction of sp³-hybridized carbons (Fsp3) is 0.368. The molecule has 0 saturated heterocycles. The molecule has 2 aromatic carbocycles. The SMILES string of the molecule is CCc1ccc(OCC2CCCc3ccccc32)cc1. The molecule has 1 aliphatic rings. The Hall–Kier alpha value is -1.76. The predicted octanol–water partition coefficient (Wildman–Crippen LogP) is 4.75. The van der Waals surface area contributed by atoms with Crippen molar-refractivity contribution >= 4 is 0 Å². The molecule has 0 spiro atoms. The fourth-order valence-corrected chi connectivity index (χ4v) is 3.05. The first-order valence-corrected chi connectivity index (χ1v) is 7.66. The van der Waals surface area contributed by atoms with Gasteiger partial charge < -0.3 is 4.74 Å². The van der Waals surface area contributed by atoms with E-state index in [-0.39, 0.29) is 0 Å². The number of aryl methyl sites for hydroxylation is 2. The molecule has 0 heterocycles. The zero-order valence-corrected chi connectivity index (χ0v) is 12.1. The van der Waals surface area contributed by atoms with Crippen molar-refractivity contribution < 1.29 is 4.74 Å². The van der Waals surface area contributed by atoms with E-state index >= 15 is 0 Å². The van der Waals surface area contributed by atoms with Gasteiger partial charge in [-0.2, -0.15) is 0 Å². The van der Waals surface area contributed by atoms with E-state index in [0.29, 0.717) is 5.92 Å². The van der Waals surface area contributed by atoms with Gasteiger partial charge in [0.1, 0.15) is 5.75 Å². The highest BCUT2D eigenvalue weighted by atomic mass is 16.5. The Morgan fingerprint density at radius 2 is 1.85 bits per heavy atom. The smallest absolute Gasteiger partial charge is 0.119 e. The van der Waals surface area contributed by atoms with Crippen LogP contribution in [0.2, 0.25) is 0 Å². The largest absolute Gasteiger partial charge is 0.493 e. The molecule has 104 valence electrons. The standard InChI is InChI=1S/C19H22O/c1-2-15-10-12-18(13-11-15)20-14-17-8-5-7-16-6-3-4-9-19(16)17/h3-4,6,9-13,17H,2,5,7-8,14H2,1H3. The fourth-order valence-electron chi connectivity index (χ4n) is 3.05. The molecule has 0 saturated carbocycles. The van der Waals surface area contributed by atoms with Gasteiger partial charge in [-0.05, 0) is 54.5 Å². The minimum absolute atomic E-state index is 0.547. The molecule has 1 aliphatic carbocycles. The summed E-state index contributed by atoms with van der Waals surface area (Å²) in [5, 5.41) is 0. The molecule has 1 heteroatoms. The van der Waals surface area contributed by atoms with E-state index in [4.69, 9.17) is 4.74 Å². The molecule has 0 aliphatic heterocycles. The lowest BCUT2D eigenvalue weighted by Crippen LogP contribution is -2.16. The molecule has 1 unspecified atom stereocenters. The molecule has 0 radical (unpaired) electrons. The number of rotatable bonds is 4. The van der Waals surface area contributed by atoms with Crippen LogP contribution in [0.4, 0.5) is 0 Å². The second kappa shape index (κ2) is 6.13. The molecule has 0 amide bonds. The molecule has 20 heavy (non-hydrogen) atoms. The van der Waals surface area contributed by atoms with Crippen molar-refractivity contribution in [2.75, 3.05) is 6.61 Å². The lowest BCUT2D eigenvalue weighted by atomic mass is 9.83. The first kappa shape index (κ1) is 13.2. The van der Waals surface area contributed by atoms with Crippen LogP contribution in [0.3, 0.4) is 0 Å². The van der Waals surface area contributed by atoms with Gasteiger partial charge in [-0.3, -0.25) is 0 Å². The van der Waals surface area contributed by atoms with Gasteiger partial charge in [0.05, 0.1) is 6.61 Å². The van der Waals surface area contributed by atoms with Crippen molar-refractivity contribution in [3.8, 4) is 5.75 Å². The maximum absolute atomic E-state index is 6.00. The molecule has 1 atom stereocenters. The van der Waals surface area contributed by atoms with E-state index in [1.54, 1.807) is 0 Å². The topological polar surface area (TPSA) is 9.23 Å². The summed E-state index contributed by atoms with van der Waals surface area (Å²) >= 11 is 0. The average molecular weight is 266 g/mol. The van der Waals surface area contributed by atoms with Gasteiger partial charge in [0.2, 0.25) is 0 Å². The van der Waals surface area contributed by atoms with Crippen molar-refractivity contribution in [3.63, 3.8) is 0 Å². The minimum atomic E-state index is 0.547. The van der Waals surface area contributed by atoms with Gasteiger partial charge in [0.25, 0.3) is 0 Å². The first-order chi connectivity index (χ1) is 9.86. The van der Waals surface area contributed by atoms with Crippen LogP contribution in [0.15, 0.2) is 48.5 Å². The van der Waals surface area contributed by atoms with Crippen molar-refractivity contribution in [1.82, 2.24) is 0 Å². The third-order valence-electron chi connectivity index (χ3n) is 4.28. The van der Waals surface area contributed by atoms with Crippen molar-refractivity contribution in [3.05, 3.63) is 65.2 Å². The number of benzene rings is 2. The lowest BCUT2D eigenvalue weighted by Gasteiger charge is -2.25. The van der Waals surface area contributed by atoms with E-state index < -0.39 is 0 Å². The van der Waals surface area contributed by atoms with E-state index in [0.717, 1.165) is 18.8 Å². The molecule has 0 fully saturated rings. The Labute approximate surface area is 121 Å². The van der Waals surface area contributed by atoms with E-state index in [9.17, 15) is 0 Å². The van der Waals surface area contributed by atoms with E-state index in [1.807, 2.05) is 0 Å². The van der Waals surface area contributed by atoms with Gasteiger partial charge in [0, 0.05) is 5.92 Å². The lowest BCUT2D eigenvalue weighted by molar-refractivity contribution is 0.274. The molecule has 0 aromatic heterocycles. The summed E-state index contributed by atoms with van der Waals surface area (Å²) in [7, 11) is 0. The number of hydrogen-bond donors (Lipinski definition) is 0. The second-order valence-corrected chi connectivity index (χ2v) is 5.60. The van der Waals surface area contributed by atoms with Crippen LogP contribution in [0.1, 0.15) is 42.4 Å². The summed E-state index contributed by atoms with van der Waals surface area (Å²) in [6.07, 6.45) is 4.82. The quantitative estimate of drug-likeness (QED) is 0.776. The maximum Gasteiger partial charge on any atom is 0.119 e. The molecule has 2 aromatic rings. The Morgan fingerprint density at radius 3 is 2.65 bits per heavy atom. The van der Waals surface area contributed by atoms with Crippen LogP contribution in [0.25, 0.3) is 0 Å². The molecule has 0 bridgehead atoms. The second-order valence-electron chi connectivity index (χ2n) is 5.60. The molecular weight excluding hydrogens is 244 g/mol. The third kappa shape index (κ3) is 2.87. The normalized spacial score (nSPS) is 17.6. The minimum Gasteiger partial charge on any atom is -0.493 e. The van der Waals surface area contributed by atoms with Crippen LogP contribution in [-0.4, -0.2) is 6.61 Å². The summed E-state index contributed by atoms with van der Waals surface area (Å²) in [5.74, 6) is 1.54. The maximum atomic E-state index is 6.00. The van der Waals surface area contributed by atoms with Crippen LogP contribution in [-0.2, 0) is 12.8 Å². The number of ether oxygens (including phenoxy) is 1. The summed E-state index contributed by atoms with van der Waals surface area (Å²) in [5.41, 5.74) is 4.36. The highest BCUT2D eigenvalue weighted by molar-refractivity contribution is 5.33. The van der Waals surface area contributed by atoms with Gasteiger partial charge in [-0.15, -0.1) is 0 Å². The van der Waals surface area contributed by atoms with Crippen molar-refractivity contribution in [2.45, 2.75) is 38.5 Å². The van der Waals surface area contributed by atoms with Crippen molar-refractivity contribution in [1.29, 1.82) is 0 Å². The number of fused-ring (bicyclic) bond motifs is 1. The highest BCUT2D eigenvalue weighted by Crippen LogP contribution is 2.31. The molecule has 3 rings (SSSR count). The monoisotopic (exact) mass is 266 g/mol. The van der Waals surface area contributed by atoms with Gasteiger partial charge in [0.15, 0.2) is 0 Å². The van der Waals surface area contributed by atoms with Gasteiger partial charge in [-0.1, -0.05) is 43.3 Å². The van der Waals surface area contributed by atoms with Gasteiger partial charge >= 0.3 is 0 Å². The van der Waals surface area contributed by atoms with Crippen LogP contribution in [0, 0.1) is 0 Å². The summed E-state index contributed by atoms with van der Waals surface area (Å²) in [4.78, 5) is 0. The van der Waals surface area contributed by atoms with Gasteiger partial charge in [-0.25, -0.2) is 0 Å². The molecular formula is C19H22O. The van der Waals surface area contributed by atoms with Crippen LogP contribution in [0.5, 0.6) is 5.75 Å². The first-order valence-electron chi connectivity index (χ1n) is 7.66. The summed E-state index contributed by atoms with van der Waals surface area (Å²) < 4.78 is 6.00. The number of hydrogen-bond acceptors (Lipinski definition) is 1. The van der Waals surface area contributed by atoms with Crippen LogP contribution >= 0.6 is 0 Å². The summed E-state index contributed by atoms with van der Waals surface area (Å²) in [6, 6.07) is 17.3. The molecule has 1 nitrogen and oxygen atoms in total. The van der Waals surface area contributed by atoms with Crippen LogP contribution < -0.4 is 4.74 Å². The zero-order valence-electron chi connectivity index (χ0n) is 12.1. The Morgan fingerprint density at radius 1 is 1.05 bits per heavy atom. The zero-order chi connectivity index (χ0) is 13.8. The Kier molecular flexibility index (Phi) is 4.05. The predicted molar refractivity (Wildman–Crippen MR) is 83.4 cm³/mol. The highest BCUT2D eigenvalue weighted by Gasteiger charge is 2.20. The Bertz CT molecular complexity index is 556. The summed E-state index contributed by atoms with van der Waals surface area (Å²) in [6.45, 7) is 2.97. The average Bonchev–Trinajstić information content (AvgIpc) is 2.53. The Balaban J connectivity index is 1.66. The van der Waals surface area contributed by atoms with Crippen molar-refractivity contribution in [2.24, 2.45) is 0 Å². The van der Waals surface area contributed by atoms with E-state index in [2.05, 4.69) is 55.5 Å². The molecule has 0 N–H and O–H groups in total. The third-order valence-corrected chi connectivity index (χ3v) is 4.28.